The Balaban J connectivity index is 1.29. The highest BCUT2D eigenvalue weighted by atomic mass is 16.5. The van der Waals surface area contributed by atoms with E-state index in [9.17, 15) is 0 Å². The summed E-state index contributed by atoms with van der Waals surface area (Å²) in [6, 6.07) is 20.0. The second kappa shape index (κ2) is 11.3. The summed E-state index contributed by atoms with van der Waals surface area (Å²) in [5.74, 6) is 2.60. The first kappa shape index (κ1) is 25.4. The molecule has 0 bridgehead atoms. The third kappa shape index (κ3) is 6.91. The number of allylic oxidation sites excluding steroid dienone is 1. The topological polar surface area (TPSA) is 42.2 Å². The molecule has 0 radical (unpaired) electrons. The first-order valence-electron chi connectivity index (χ1n) is 13.1. The Hall–Kier alpha value is -2.72. The Bertz CT molecular complexity index is 1070. The van der Waals surface area contributed by atoms with E-state index < -0.39 is 0 Å². The van der Waals surface area contributed by atoms with Crippen molar-refractivity contribution < 1.29 is 4.52 Å². The van der Waals surface area contributed by atoms with Crippen LogP contribution < -0.4 is 0 Å². The van der Waals surface area contributed by atoms with Gasteiger partial charge in [0.1, 0.15) is 0 Å². The van der Waals surface area contributed by atoms with Crippen molar-refractivity contribution in [2.45, 2.75) is 70.8 Å². The summed E-state index contributed by atoms with van der Waals surface area (Å²) in [4.78, 5) is 7.05. The van der Waals surface area contributed by atoms with Crippen LogP contribution in [0, 0.1) is 11.8 Å². The molecule has 1 saturated carbocycles. The van der Waals surface area contributed by atoms with Crippen LogP contribution in [0.3, 0.4) is 0 Å². The van der Waals surface area contributed by atoms with E-state index in [2.05, 4.69) is 111 Å². The van der Waals surface area contributed by atoms with Gasteiger partial charge in [-0.3, -0.25) is 0 Å². The molecule has 0 amide bonds. The van der Waals surface area contributed by atoms with Crippen molar-refractivity contribution in [3.63, 3.8) is 0 Å². The summed E-state index contributed by atoms with van der Waals surface area (Å²) < 4.78 is 5.52. The molecule has 1 unspecified atom stereocenters. The van der Waals surface area contributed by atoms with E-state index in [0.29, 0.717) is 23.7 Å². The predicted octanol–water partition coefficient (Wildman–Crippen LogP) is 7.42. The molecule has 2 aromatic carbocycles. The van der Waals surface area contributed by atoms with Gasteiger partial charge in [-0.15, -0.1) is 0 Å². The minimum Gasteiger partial charge on any atom is -0.334 e. The summed E-state index contributed by atoms with van der Waals surface area (Å²) >= 11 is 0. The van der Waals surface area contributed by atoms with Gasteiger partial charge in [-0.2, -0.15) is 4.98 Å². The molecule has 1 heterocycles. The third-order valence-electron chi connectivity index (χ3n) is 7.56. The van der Waals surface area contributed by atoms with Gasteiger partial charge in [0.2, 0.25) is 5.82 Å². The average molecular weight is 472 g/mol. The monoisotopic (exact) mass is 471 g/mol. The molecule has 0 aliphatic heterocycles. The highest BCUT2D eigenvalue weighted by Gasteiger charge is 2.28. The van der Waals surface area contributed by atoms with E-state index in [-0.39, 0.29) is 5.41 Å². The van der Waals surface area contributed by atoms with Crippen molar-refractivity contribution in [1.82, 2.24) is 15.0 Å². The predicted molar refractivity (Wildman–Crippen MR) is 145 cm³/mol. The van der Waals surface area contributed by atoms with Crippen LogP contribution in [-0.2, 0) is 11.8 Å². The van der Waals surface area contributed by atoms with E-state index >= 15 is 0 Å². The third-order valence-corrected chi connectivity index (χ3v) is 7.56. The molecule has 4 heteroatoms. The van der Waals surface area contributed by atoms with Gasteiger partial charge in [-0.25, -0.2) is 0 Å². The fraction of sp³-hybridized carbons (Fsp3) is 0.484. The molecule has 1 fully saturated rings. The Morgan fingerprint density at radius 3 is 2.29 bits per heavy atom. The van der Waals surface area contributed by atoms with Crippen molar-refractivity contribution in [2.75, 3.05) is 14.1 Å². The standard InChI is InChI=1S/C31H41N3O/c1-31(2,3)27-19-17-26(18-20-27)30-32-29(35-33-30)22-14-24-11-15-25(16-12-24)28(34(4)5)21-13-23-9-7-6-8-10-23/h6-10,14,17-20,22,24-25,28H,11-13,15-16,21H2,1-5H3/b22-14+. The van der Waals surface area contributed by atoms with Crippen molar-refractivity contribution in [1.29, 1.82) is 0 Å². The maximum atomic E-state index is 5.52. The van der Waals surface area contributed by atoms with E-state index in [1.165, 1.54) is 43.2 Å². The smallest absolute Gasteiger partial charge is 0.250 e. The van der Waals surface area contributed by atoms with Crippen LogP contribution in [0.1, 0.15) is 69.9 Å². The van der Waals surface area contributed by atoms with Crippen LogP contribution in [0.5, 0.6) is 0 Å². The summed E-state index contributed by atoms with van der Waals surface area (Å²) in [6.07, 6.45) is 11.7. The Morgan fingerprint density at radius 1 is 0.971 bits per heavy atom. The van der Waals surface area contributed by atoms with Crippen LogP contribution >= 0.6 is 0 Å². The molecule has 1 aliphatic rings. The van der Waals surface area contributed by atoms with Gasteiger partial charge in [0, 0.05) is 11.6 Å². The zero-order chi connectivity index (χ0) is 24.8. The largest absolute Gasteiger partial charge is 0.334 e. The first-order valence-corrected chi connectivity index (χ1v) is 13.1. The minimum absolute atomic E-state index is 0.136. The van der Waals surface area contributed by atoms with E-state index in [1.807, 2.05) is 6.08 Å². The summed E-state index contributed by atoms with van der Waals surface area (Å²) in [5, 5.41) is 4.20. The molecule has 3 aromatic rings. The maximum Gasteiger partial charge on any atom is 0.250 e. The van der Waals surface area contributed by atoms with Crippen LogP contribution in [0.2, 0.25) is 0 Å². The molecule has 186 valence electrons. The maximum absolute atomic E-state index is 5.52. The lowest BCUT2D eigenvalue weighted by Crippen LogP contribution is -2.37. The van der Waals surface area contributed by atoms with Crippen molar-refractivity contribution in [2.24, 2.45) is 11.8 Å². The minimum atomic E-state index is 0.136. The van der Waals surface area contributed by atoms with Gasteiger partial charge in [0.05, 0.1) is 0 Å². The van der Waals surface area contributed by atoms with Crippen molar-refractivity contribution >= 4 is 6.08 Å². The molecule has 4 rings (SSSR count). The first-order chi connectivity index (χ1) is 16.8. The van der Waals surface area contributed by atoms with Crippen LogP contribution in [-0.4, -0.2) is 35.2 Å². The number of nitrogens with zero attached hydrogens (tertiary/aromatic N) is 3. The highest BCUT2D eigenvalue weighted by molar-refractivity contribution is 5.56. The van der Waals surface area contributed by atoms with Crippen LogP contribution in [0.15, 0.2) is 65.2 Å². The van der Waals surface area contributed by atoms with Gasteiger partial charge < -0.3 is 9.42 Å². The van der Waals surface area contributed by atoms with Crippen LogP contribution in [0.4, 0.5) is 0 Å². The van der Waals surface area contributed by atoms with Gasteiger partial charge in [-0.1, -0.05) is 86.6 Å². The highest BCUT2D eigenvalue weighted by Crippen LogP contribution is 2.35. The molecule has 4 nitrogen and oxygen atoms in total. The van der Waals surface area contributed by atoms with Gasteiger partial charge in [0.15, 0.2) is 0 Å². The lowest BCUT2D eigenvalue weighted by molar-refractivity contribution is 0.150. The SMILES string of the molecule is CN(C)C(CCc1ccccc1)C1CCC(/C=C/c2nc(-c3ccc(C(C)(C)C)cc3)no2)CC1. The number of aryl methyl sites for hydroxylation is 1. The molecular weight excluding hydrogens is 430 g/mol. The second-order valence-electron chi connectivity index (χ2n) is 11.4. The van der Waals surface area contributed by atoms with E-state index in [1.54, 1.807) is 0 Å². The summed E-state index contributed by atoms with van der Waals surface area (Å²) in [7, 11) is 4.48. The van der Waals surface area contributed by atoms with E-state index in [0.717, 1.165) is 17.9 Å². The molecule has 0 saturated heterocycles. The Morgan fingerprint density at radius 2 is 1.66 bits per heavy atom. The number of benzene rings is 2. The lowest BCUT2D eigenvalue weighted by Gasteiger charge is -2.37. The fourth-order valence-corrected chi connectivity index (χ4v) is 5.35. The van der Waals surface area contributed by atoms with Crippen molar-refractivity contribution in [3.05, 3.63) is 77.7 Å². The molecule has 0 N–H and O–H groups in total. The molecule has 0 spiro atoms. The Kier molecular flexibility index (Phi) is 8.22. The molecule has 1 aliphatic carbocycles. The number of aromatic nitrogens is 2. The number of hydrogen-bond donors (Lipinski definition) is 0. The van der Waals surface area contributed by atoms with Gasteiger partial charge in [-0.05, 0) is 87.1 Å². The number of hydrogen-bond acceptors (Lipinski definition) is 4. The van der Waals surface area contributed by atoms with Gasteiger partial charge in [0.25, 0.3) is 5.89 Å². The molecule has 1 atom stereocenters. The molecular formula is C31H41N3O. The Labute approximate surface area is 211 Å². The lowest BCUT2D eigenvalue weighted by atomic mass is 9.76. The zero-order valence-corrected chi connectivity index (χ0v) is 22.1. The fourth-order valence-electron chi connectivity index (χ4n) is 5.35. The average Bonchev–Trinajstić information content (AvgIpc) is 3.33. The summed E-state index contributed by atoms with van der Waals surface area (Å²) in [5.41, 5.74) is 3.88. The van der Waals surface area contributed by atoms with Crippen LogP contribution in [0.25, 0.3) is 17.5 Å². The van der Waals surface area contributed by atoms with E-state index in [4.69, 9.17) is 4.52 Å². The normalized spacial score (nSPS) is 19.9. The second-order valence-corrected chi connectivity index (χ2v) is 11.4. The number of rotatable bonds is 8. The van der Waals surface area contributed by atoms with Gasteiger partial charge >= 0.3 is 0 Å². The zero-order valence-electron chi connectivity index (χ0n) is 22.1. The quantitative estimate of drug-likeness (QED) is 0.343. The molecule has 1 aromatic heterocycles. The molecule has 35 heavy (non-hydrogen) atoms. The van der Waals surface area contributed by atoms with Crippen molar-refractivity contribution in [3.8, 4) is 11.4 Å². The summed E-state index contributed by atoms with van der Waals surface area (Å²) in [6.45, 7) is 6.66.